The first-order valence-electron chi connectivity index (χ1n) is 5.41. The third-order valence-corrected chi connectivity index (χ3v) is 2.60. The lowest BCUT2D eigenvalue weighted by molar-refractivity contribution is -0.113. The van der Waals surface area contributed by atoms with Gasteiger partial charge < -0.3 is 10.6 Å². The summed E-state index contributed by atoms with van der Waals surface area (Å²) in [6.07, 6.45) is 0.908. The predicted octanol–water partition coefficient (Wildman–Crippen LogP) is 2.16. The number of halogens is 1. The number of alkyl halides is 1. The molecule has 17 heavy (non-hydrogen) atoms. The Hall–Kier alpha value is -1.36. The molecular formula is C12H15BrN2O2. The molecule has 0 atom stereocenters. The first-order valence-corrected chi connectivity index (χ1v) is 6.53. The molecule has 0 saturated heterocycles. The van der Waals surface area contributed by atoms with Crippen molar-refractivity contribution in [3.05, 3.63) is 29.8 Å². The van der Waals surface area contributed by atoms with Crippen LogP contribution in [0.15, 0.2) is 24.3 Å². The van der Waals surface area contributed by atoms with E-state index in [0.29, 0.717) is 17.8 Å². The molecule has 0 aliphatic heterocycles. The fraction of sp³-hybridized carbons (Fsp3) is 0.333. The van der Waals surface area contributed by atoms with Crippen LogP contribution in [0.5, 0.6) is 0 Å². The summed E-state index contributed by atoms with van der Waals surface area (Å²) in [6.45, 7) is 2.67. The maximum absolute atomic E-state index is 11.6. The standard InChI is InChI=1S/C12H15BrN2O2/c1-2-7-14-12(17)9-3-5-10(6-4-9)15-11(16)8-13/h3-6H,2,7-8H2,1H3,(H,14,17)(H,15,16). The molecule has 0 aromatic heterocycles. The molecule has 0 unspecified atom stereocenters. The molecule has 0 heterocycles. The summed E-state index contributed by atoms with van der Waals surface area (Å²) in [7, 11) is 0. The minimum atomic E-state index is -0.117. The van der Waals surface area contributed by atoms with Gasteiger partial charge in [0.05, 0.1) is 5.33 Å². The molecule has 2 amide bonds. The number of carbonyl (C=O) groups excluding carboxylic acids is 2. The van der Waals surface area contributed by atoms with Crippen LogP contribution in [0.25, 0.3) is 0 Å². The highest BCUT2D eigenvalue weighted by Crippen LogP contribution is 2.09. The highest BCUT2D eigenvalue weighted by atomic mass is 79.9. The van der Waals surface area contributed by atoms with Gasteiger partial charge >= 0.3 is 0 Å². The third kappa shape index (κ3) is 4.56. The van der Waals surface area contributed by atoms with Crippen molar-refractivity contribution >= 4 is 33.4 Å². The van der Waals surface area contributed by atoms with Crippen molar-refractivity contribution in [1.82, 2.24) is 5.32 Å². The summed E-state index contributed by atoms with van der Waals surface area (Å²) < 4.78 is 0. The van der Waals surface area contributed by atoms with Gasteiger partial charge in [0.15, 0.2) is 0 Å². The zero-order valence-corrected chi connectivity index (χ0v) is 11.2. The van der Waals surface area contributed by atoms with E-state index in [2.05, 4.69) is 26.6 Å². The van der Waals surface area contributed by atoms with Gasteiger partial charge in [-0.2, -0.15) is 0 Å². The van der Waals surface area contributed by atoms with Gasteiger partial charge in [0, 0.05) is 17.8 Å². The minimum Gasteiger partial charge on any atom is -0.352 e. The highest BCUT2D eigenvalue weighted by molar-refractivity contribution is 9.09. The fourth-order valence-corrected chi connectivity index (χ4v) is 1.38. The van der Waals surface area contributed by atoms with Gasteiger partial charge in [-0.3, -0.25) is 9.59 Å². The second-order valence-corrected chi connectivity index (χ2v) is 4.08. The van der Waals surface area contributed by atoms with Crippen LogP contribution in [-0.2, 0) is 4.79 Å². The summed E-state index contributed by atoms with van der Waals surface area (Å²) in [5, 5.41) is 5.73. The fourth-order valence-electron chi connectivity index (χ4n) is 1.24. The Morgan fingerprint density at radius 2 is 1.88 bits per heavy atom. The van der Waals surface area contributed by atoms with Crippen LogP contribution in [-0.4, -0.2) is 23.7 Å². The Morgan fingerprint density at radius 1 is 1.24 bits per heavy atom. The monoisotopic (exact) mass is 298 g/mol. The van der Waals surface area contributed by atoms with Gasteiger partial charge in [-0.25, -0.2) is 0 Å². The smallest absolute Gasteiger partial charge is 0.251 e. The van der Waals surface area contributed by atoms with Gasteiger partial charge in [0.1, 0.15) is 0 Å². The van der Waals surface area contributed by atoms with Crippen LogP contribution in [0.4, 0.5) is 5.69 Å². The van der Waals surface area contributed by atoms with E-state index in [-0.39, 0.29) is 17.1 Å². The molecule has 0 aliphatic carbocycles. The molecule has 0 fully saturated rings. The lowest BCUT2D eigenvalue weighted by Crippen LogP contribution is -2.23. The number of carbonyl (C=O) groups is 2. The Labute approximate surface area is 109 Å². The number of hydrogen-bond acceptors (Lipinski definition) is 2. The van der Waals surface area contributed by atoms with Crippen LogP contribution in [0.1, 0.15) is 23.7 Å². The summed E-state index contributed by atoms with van der Waals surface area (Å²) in [5.41, 5.74) is 1.27. The molecule has 1 rings (SSSR count). The molecule has 4 nitrogen and oxygen atoms in total. The maximum atomic E-state index is 11.6. The number of anilines is 1. The molecule has 2 N–H and O–H groups in total. The molecule has 0 saturated carbocycles. The maximum Gasteiger partial charge on any atom is 0.251 e. The number of benzene rings is 1. The lowest BCUT2D eigenvalue weighted by Gasteiger charge is -2.05. The first kappa shape index (κ1) is 13.7. The third-order valence-electron chi connectivity index (χ3n) is 2.09. The molecule has 5 heteroatoms. The van der Waals surface area contributed by atoms with E-state index >= 15 is 0 Å². The Morgan fingerprint density at radius 3 is 2.41 bits per heavy atom. The van der Waals surface area contributed by atoms with Crippen molar-refractivity contribution in [1.29, 1.82) is 0 Å². The van der Waals surface area contributed by atoms with E-state index in [1.54, 1.807) is 24.3 Å². The molecular weight excluding hydrogens is 284 g/mol. The van der Waals surface area contributed by atoms with Gasteiger partial charge in [0.2, 0.25) is 5.91 Å². The quantitative estimate of drug-likeness (QED) is 0.819. The van der Waals surface area contributed by atoms with Crippen molar-refractivity contribution in [2.45, 2.75) is 13.3 Å². The van der Waals surface area contributed by atoms with E-state index in [1.807, 2.05) is 6.92 Å². The van der Waals surface area contributed by atoms with Crippen LogP contribution in [0, 0.1) is 0 Å². The van der Waals surface area contributed by atoms with E-state index in [4.69, 9.17) is 0 Å². The van der Waals surface area contributed by atoms with Gasteiger partial charge in [-0.1, -0.05) is 22.9 Å². The number of rotatable bonds is 5. The largest absolute Gasteiger partial charge is 0.352 e. The second-order valence-electron chi connectivity index (χ2n) is 3.52. The zero-order chi connectivity index (χ0) is 12.7. The van der Waals surface area contributed by atoms with Crippen LogP contribution in [0.3, 0.4) is 0 Å². The van der Waals surface area contributed by atoms with Crippen molar-refractivity contribution < 1.29 is 9.59 Å². The average Bonchev–Trinajstić information content (AvgIpc) is 2.36. The Balaban J connectivity index is 2.61. The highest BCUT2D eigenvalue weighted by Gasteiger charge is 2.05. The minimum absolute atomic E-state index is 0.0924. The molecule has 1 aromatic rings. The Bertz CT molecular complexity index is 390. The van der Waals surface area contributed by atoms with Gasteiger partial charge in [-0.05, 0) is 30.7 Å². The van der Waals surface area contributed by atoms with Crippen molar-refractivity contribution in [2.24, 2.45) is 0 Å². The van der Waals surface area contributed by atoms with E-state index in [1.165, 1.54) is 0 Å². The van der Waals surface area contributed by atoms with Gasteiger partial charge in [-0.15, -0.1) is 0 Å². The van der Waals surface area contributed by atoms with E-state index in [0.717, 1.165) is 6.42 Å². The van der Waals surface area contributed by atoms with Crippen LogP contribution in [0.2, 0.25) is 0 Å². The first-order chi connectivity index (χ1) is 8.17. The summed E-state index contributed by atoms with van der Waals surface area (Å²) in [4.78, 5) is 22.7. The van der Waals surface area contributed by atoms with Gasteiger partial charge in [0.25, 0.3) is 5.91 Å². The zero-order valence-electron chi connectivity index (χ0n) is 9.63. The Kier molecular flexibility index (Phi) is 5.69. The van der Waals surface area contributed by atoms with Crippen LogP contribution >= 0.6 is 15.9 Å². The summed E-state index contributed by atoms with van der Waals surface area (Å²) in [6, 6.07) is 6.80. The van der Waals surface area contributed by atoms with Crippen LogP contribution < -0.4 is 10.6 Å². The summed E-state index contributed by atoms with van der Waals surface area (Å²) in [5.74, 6) is -0.210. The average molecular weight is 299 g/mol. The number of nitrogens with one attached hydrogen (secondary N) is 2. The molecule has 0 spiro atoms. The van der Waals surface area contributed by atoms with Crippen molar-refractivity contribution in [2.75, 3.05) is 17.2 Å². The molecule has 1 aromatic carbocycles. The molecule has 0 bridgehead atoms. The topological polar surface area (TPSA) is 58.2 Å². The van der Waals surface area contributed by atoms with E-state index in [9.17, 15) is 9.59 Å². The van der Waals surface area contributed by atoms with Crippen molar-refractivity contribution in [3.8, 4) is 0 Å². The number of amides is 2. The SMILES string of the molecule is CCCNC(=O)c1ccc(NC(=O)CBr)cc1. The lowest BCUT2D eigenvalue weighted by atomic mass is 10.2. The van der Waals surface area contributed by atoms with E-state index < -0.39 is 0 Å². The molecule has 0 aliphatic rings. The normalized spacial score (nSPS) is 9.76. The van der Waals surface area contributed by atoms with Crippen molar-refractivity contribution in [3.63, 3.8) is 0 Å². The molecule has 92 valence electrons. The predicted molar refractivity (Wildman–Crippen MR) is 71.5 cm³/mol. The number of hydrogen-bond donors (Lipinski definition) is 2. The second kappa shape index (κ2) is 7.06. The summed E-state index contributed by atoms with van der Waals surface area (Å²) >= 11 is 3.06. The molecule has 0 radical (unpaired) electrons.